The maximum absolute atomic E-state index is 12.9. The number of benzene rings is 1. The van der Waals surface area contributed by atoms with Gasteiger partial charge < -0.3 is 25.4 Å². The van der Waals surface area contributed by atoms with E-state index in [1.165, 1.54) is 12.1 Å². The molecule has 2 heterocycles. The zero-order valence-corrected chi connectivity index (χ0v) is 18.6. The molecule has 1 saturated heterocycles. The van der Waals surface area contributed by atoms with Gasteiger partial charge in [0, 0.05) is 18.7 Å². The monoisotopic (exact) mass is 462 g/mol. The van der Waals surface area contributed by atoms with Crippen LogP contribution in [0.2, 0.25) is 0 Å². The second kappa shape index (κ2) is 7.10. The molecule has 10 heteroatoms. The molecule has 9 nitrogen and oxygen atoms in total. The summed E-state index contributed by atoms with van der Waals surface area (Å²) in [5.41, 5.74) is -1.46. The van der Waals surface area contributed by atoms with E-state index in [0.29, 0.717) is 12.3 Å². The van der Waals surface area contributed by atoms with Crippen LogP contribution >= 0.6 is 11.8 Å². The number of imide groups is 1. The zero-order valence-electron chi connectivity index (χ0n) is 17.8. The molecular formula is C22H26N2O7S. The Morgan fingerprint density at radius 1 is 1.31 bits per heavy atom. The number of rotatable bonds is 4. The molecule has 3 aliphatic carbocycles. The van der Waals surface area contributed by atoms with Crippen LogP contribution in [0.25, 0.3) is 0 Å². The van der Waals surface area contributed by atoms with E-state index in [1.54, 1.807) is 0 Å². The van der Waals surface area contributed by atoms with Crippen molar-refractivity contribution < 1.29 is 34.4 Å². The molecule has 3 saturated carbocycles. The summed E-state index contributed by atoms with van der Waals surface area (Å²) in [6.07, 6.45) is -0.588. The topological polar surface area (TPSA) is 136 Å². The van der Waals surface area contributed by atoms with Gasteiger partial charge in [0.2, 0.25) is 5.91 Å². The maximum Gasteiger partial charge on any atom is 0.288 e. The van der Waals surface area contributed by atoms with Crippen molar-refractivity contribution in [1.29, 1.82) is 0 Å². The molecule has 4 fully saturated rings. The van der Waals surface area contributed by atoms with Gasteiger partial charge >= 0.3 is 0 Å². The lowest BCUT2D eigenvalue weighted by Crippen LogP contribution is -2.72. The average molecular weight is 463 g/mol. The number of phenolic OH excluding ortho intramolecular Hbond substituents is 1. The van der Waals surface area contributed by atoms with Crippen LogP contribution in [0.1, 0.15) is 48.7 Å². The molecule has 0 radical (unpaired) electrons. The highest BCUT2D eigenvalue weighted by Gasteiger charge is 2.69. The number of nitrogens with zero attached hydrogens (tertiary/aromatic N) is 1. The van der Waals surface area contributed by atoms with Gasteiger partial charge in [-0.05, 0) is 42.2 Å². The summed E-state index contributed by atoms with van der Waals surface area (Å²) in [5.74, 6) is -0.912. The summed E-state index contributed by atoms with van der Waals surface area (Å²) in [6.45, 7) is 4.21. The van der Waals surface area contributed by atoms with Crippen molar-refractivity contribution in [1.82, 2.24) is 10.2 Å². The molecule has 0 spiro atoms. The van der Waals surface area contributed by atoms with Crippen LogP contribution in [0.5, 0.6) is 11.5 Å². The minimum absolute atomic E-state index is 0.00817. The fourth-order valence-corrected chi connectivity index (χ4v) is 6.64. The van der Waals surface area contributed by atoms with Gasteiger partial charge in [0.05, 0.1) is 5.75 Å². The van der Waals surface area contributed by atoms with Crippen molar-refractivity contribution in [3.05, 3.63) is 23.3 Å². The van der Waals surface area contributed by atoms with Crippen LogP contribution in [-0.4, -0.2) is 67.8 Å². The summed E-state index contributed by atoms with van der Waals surface area (Å²) >= 11 is 0.917. The Balaban J connectivity index is 1.39. The van der Waals surface area contributed by atoms with Gasteiger partial charge in [0.1, 0.15) is 34.9 Å². The number of fused-ring (bicyclic) bond motifs is 1. The van der Waals surface area contributed by atoms with E-state index >= 15 is 0 Å². The Kier molecular flexibility index (Phi) is 4.78. The Labute approximate surface area is 189 Å². The fourth-order valence-electron chi connectivity index (χ4n) is 5.89. The second-order valence-electron chi connectivity index (χ2n) is 9.67. The molecule has 5 aliphatic rings. The third-order valence-corrected chi connectivity index (χ3v) is 8.75. The highest BCUT2D eigenvalue weighted by molar-refractivity contribution is 8.14. The van der Waals surface area contributed by atoms with Gasteiger partial charge in [-0.25, -0.2) is 0 Å². The number of ether oxygens (including phenoxy) is 1. The van der Waals surface area contributed by atoms with Gasteiger partial charge in [0.15, 0.2) is 0 Å². The number of nitrogens with one attached hydrogen (secondary N) is 1. The third-order valence-electron chi connectivity index (χ3n) is 7.89. The summed E-state index contributed by atoms with van der Waals surface area (Å²) < 4.78 is 6.10. The first-order valence-corrected chi connectivity index (χ1v) is 11.7. The molecule has 1 aromatic carbocycles. The smallest absolute Gasteiger partial charge is 0.288 e. The van der Waals surface area contributed by atoms with Gasteiger partial charge in [-0.1, -0.05) is 25.6 Å². The number of carbonyl (C=O) groups excluding carboxylic acids is 3. The van der Waals surface area contributed by atoms with Crippen LogP contribution in [0.4, 0.5) is 4.79 Å². The molecule has 32 heavy (non-hydrogen) atoms. The van der Waals surface area contributed by atoms with E-state index < -0.39 is 23.7 Å². The number of aliphatic hydroxyl groups excluding tert-OH is 1. The Morgan fingerprint density at radius 2 is 2.06 bits per heavy atom. The van der Waals surface area contributed by atoms with E-state index in [1.807, 2.05) is 0 Å². The summed E-state index contributed by atoms with van der Waals surface area (Å²) in [6, 6.07) is 2.77. The number of aromatic hydroxyl groups is 1. The van der Waals surface area contributed by atoms with Crippen molar-refractivity contribution in [2.45, 2.75) is 44.5 Å². The van der Waals surface area contributed by atoms with Gasteiger partial charge in [-0.2, -0.15) is 0 Å². The zero-order chi connectivity index (χ0) is 23.0. The number of aliphatic hydroxyl groups is 2. The molecule has 4 N–H and O–H groups in total. The molecule has 3 amide bonds. The van der Waals surface area contributed by atoms with E-state index in [-0.39, 0.29) is 63.9 Å². The second-order valence-corrected chi connectivity index (χ2v) is 10.6. The van der Waals surface area contributed by atoms with Crippen molar-refractivity contribution in [3.8, 4) is 11.5 Å². The van der Waals surface area contributed by atoms with E-state index in [0.717, 1.165) is 23.1 Å². The molecule has 6 rings (SSSR count). The largest absolute Gasteiger partial charge is 0.507 e. The predicted molar refractivity (Wildman–Crippen MR) is 114 cm³/mol. The minimum Gasteiger partial charge on any atom is -0.507 e. The molecule has 172 valence electrons. The van der Waals surface area contributed by atoms with Crippen LogP contribution < -0.4 is 10.1 Å². The van der Waals surface area contributed by atoms with Gasteiger partial charge in [0.25, 0.3) is 11.1 Å². The molecule has 2 bridgehead atoms. The van der Waals surface area contributed by atoms with Crippen LogP contribution in [-0.2, 0) is 4.79 Å². The van der Waals surface area contributed by atoms with Crippen molar-refractivity contribution in [2.75, 3.05) is 18.8 Å². The van der Waals surface area contributed by atoms with Crippen LogP contribution in [0, 0.1) is 17.3 Å². The maximum atomic E-state index is 12.9. The van der Waals surface area contributed by atoms with Gasteiger partial charge in [-0.3, -0.25) is 19.3 Å². The first-order valence-electron chi connectivity index (χ1n) is 10.7. The predicted octanol–water partition coefficient (Wildman–Crippen LogP) is 1.41. The van der Waals surface area contributed by atoms with Crippen molar-refractivity contribution >= 4 is 28.8 Å². The number of thioether (sulfide) groups is 1. The highest BCUT2D eigenvalue weighted by Crippen LogP contribution is 2.67. The quantitative estimate of drug-likeness (QED) is 0.527. The number of carbonyl (C=O) groups is 3. The molecule has 0 unspecified atom stereocenters. The lowest BCUT2D eigenvalue weighted by molar-refractivity contribution is -0.289. The summed E-state index contributed by atoms with van der Waals surface area (Å²) in [4.78, 5) is 37.4. The molecule has 2 aliphatic heterocycles. The number of phenols is 1. The SMILES string of the molecule is CC1(C)[C@@H]2C[C@H]1[C@@]1(O)[C@@H](C2)Oc2c(ccc(O)c2C(=O)NCCN2C(=O)CSC2=O)[C@@H]1O. The first kappa shape index (κ1) is 21.5. The molecule has 5 atom stereocenters. The lowest BCUT2D eigenvalue weighted by atomic mass is 9.42. The molecule has 0 aromatic heterocycles. The lowest BCUT2D eigenvalue weighted by Gasteiger charge is -2.67. The number of amides is 3. The van der Waals surface area contributed by atoms with Crippen molar-refractivity contribution in [2.24, 2.45) is 17.3 Å². The summed E-state index contributed by atoms with van der Waals surface area (Å²) in [7, 11) is 0. The van der Waals surface area contributed by atoms with Crippen LogP contribution in [0.15, 0.2) is 12.1 Å². The normalized spacial score (nSPS) is 34.3. The number of hydrogen-bond acceptors (Lipinski definition) is 8. The first-order chi connectivity index (χ1) is 15.1. The third kappa shape index (κ3) is 2.82. The average Bonchev–Trinajstić information content (AvgIpc) is 3.06. The van der Waals surface area contributed by atoms with Gasteiger partial charge in [-0.15, -0.1) is 0 Å². The van der Waals surface area contributed by atoms with E-state index in [4.69, 9.17) is 4.74 Å². The minimum atomic E-state index is -1.47. The summed E-state index contributed by atoms with van der Waals surface area (Å²) in [5, 5.41) is 35.4. The highest BCUT2D eigenvalue weighted by atomic mass is 32.2. The standard InChI is InChI=1S/C22H26N2O7S/c1-21(2)10-7-13(21)22(30)14(8-10)31-17-11(18(22)27)3-4-12(25)16(17)19(28)23-5-6-24-15(26)9-32-20(24)29/h3-4,10,13-14,18,25,27,30H,5-9H2,1-2H3,(H,23,28)/t10-,13-,14-,18+,22-/m1/s1. The number of hydrogen-bond donors (Lipinski definition) is 4. The molecule has 1 aromatic rings. The van der Waals surface area contributed by atoms with Crippen LogP contribution in [0.3, 0.4) is 0 Å². The molecular weight excluding hydrogens is 436 g/mol. The Bertz CT molecular complexity index is 1010. The Morgan fingerprint density at radius 3 is 2.72 bits per heavy atom. The van der Waals surface area contributed by atoms with E-state index in [9.17, 15) is 29.7 Å². The van der Waals surface area contributed by atoms with Crippen molar-refractivity contribution in [3.63, 3.8) is 0 Å². The Hall–Kier alpha value is -2.30. The fraction of sp³-hybridized carbons (Fsp3) is 0.591. The van der Waals surface area contributed by atoms with E-state index in [2.05, 4.69) is 19.2 Å².